The first kappa shape index (κ1) is 16.3. The van der Waals surface area contributed by atoms with Crippen LogP contribution in [0.15, 0.2) is 34.8 Å². The molecule has 1 aromatic heterocycles. The van der Waals surface area contributed by atoms with Crippen LogP contribution in [0.1, 0.15) is 43.5 Å². The fourth-order valence-corrected chi connectivity index (χ4v) is 2.64. The molecule has 2 nitrogen and oxygen atoms in total. The fourth-order valence-electron chi connectivity index (χ4n) is 2.11. The predicted octanol–water partition coefficient (Wildman–Crippen LogP) is 6.06. The van der Waals surface area contributed by atoms with E-state index in [4.69, 9.17) is 16.3 Å². The lowest BCUT2D eigenvalue weighted by atomic mass is 10.0. The average molecular weight is 369 g/mol. The van der Waals surface area contributed by atoms with Gasteiger partial charge in [-0.15, -0.1) is 11.6 Å². The van der Waals surface area contributed by atoms with Crippen LogP contribution in [0, 0.1) is 0 Å². The van der Waals surface area contributed by atoms with Gasteiger partial charge in [-0.25, -0.2) is 4.98 Å². The molecule has 112 valence electrons. The van der Waals surface area contributed by atoms with E-state index >= 15 is 0 Å². The molecule has 21 heavy (non-hydrogen) atoms. The molecule has 0 spiro atoms. The summed E-state index contributed by atoms with van der Waals surface area (Å²) in [6.07, 6.45) is 0.860. The first-order valence-corrected chi connectivity index (χ1v) is 8.39. The van der Waals surface area contributed by atoms with Crippen molar-refractivity contribution in [3.05, 3.63) is 51.6 Å². The molecule has 0 radical (unpaired) electrons. The number of ether oxygens (including phenoxy) is 1. The van der Waals surface area contributed by atoms with Gasteiger partial charge in [0.25, 0.3) is 0 Å². The molecule has 0 saturated heterocycles. The summed E-state index contributed by atoms with van der Waals surface area (Å²) in [6, 6.07) is 9.96. The Morgan fingerprint density at radius 1 is 1.24 bits per heavy atom. The summed E-state index contributed by atoms with van der Waals surface area (Å²) < 4.78 is 7.07. The Bertz CT molecular complexity index is 606. The van der Waals surface area contributed by atoms with Crippen LogP contribution in [0.2, 0.25) is 0 Å². The van der Waals surface area contributed by atoms with E-state index < -0.39 is 0 Å². The number of alkyl halides is 1. The van der Waals surface area contributed by atoms with Crippen molar-refractivity contribution >= 4 is 27.5 Å². The summed E-state index contributed by atoms with van der Waals surface area (Å²) in [5.74, 6) is 2.28. The van der Waals surface area contributed by atoms with Gasteiger partial charge in [-0.2, -0.15) is 0 Å². The second-order valence-corrected chi connectivity index (χ2v) is 6.41. The van der Waals surface area contributed by atoms with Crippen LogP contribution in [0.4, 0.5) is 0 Å². The van der Waals surface area contributed by atoms with Crippen molar-refractivity contribution in [3.63, 3.8) is 0 Å². The largest absolute Gasteiger partial charge is 0.439 e. The highest BCUT2D eigenvalue weighted by atomic mass is 79.9. The van der Waals surface area contributed by atoms with Crippen molar-refractivity contribution in [2.75, 3.05) is 0 Å². The maximum atomic E-state index is 6.02. The minimum atomic E-state index is 0.374. The molecular formula is C17H19BrClNO. The van der Waals surface area contributed by atoms with Gasteiger partial charge in [0, 0.05) is 22.1 Å². The Hall–Kier alpha value is -1.06. The third-order valence-corrected chi connectivity index (χ3v) is 4.04. The Morgan fingerprint density at radius 3 is 2.62 bits per heavy atom. The molecule has 0 aliphatic heterocycles. The van der Waals surface area contributed by atoms with Crippen molar-refractivity contribution in [2.24, 2.45) is 0 Å². The summed E-state index contributed by atoms with van der Waals surface area (Å²) in [5, 5.41) is 0. The summed E-state index contributed by atoms with van der Waals surface area (Å²) >= 11 is 9.45. The van der Waals surface area contributed by atoms with E-state index in [1.54, 1.807) is 0 Å². The van der Waals surface area contributed by atoms with E-state index in [-0.39, 0.29) is 0 Å². The highest BCUT2D eigenvalue weighted by Crippen LogP contribution is 2.32. The number of aromatic nitrogens is 1. The molecule has 0 bridgehead atoms. The molecular weight excluding hydrogens is 350 g/mol. The van der Waals surface area contributed by atoms with Gasteiger partial charge in [-0.05, 0) is 47.7 Å². The third kappa shape index (κ3) is 4.21. The van der Waals surface area contributed by atoms with Crippen LogP contribution >= 0.6 is 27.5 Å². The predicted molar refractivity (Wildman–Crippen MR) is 91.5 cm³/mol. The van der Waals surface area contributed by atoms with Gasteiger partial charge < -0.3 is 4.74 Å². The Labute approximate surface area is 139 Å². The number of hydrogen-bond acceptors (Lipinski definition) is 2. The van der Waals surface area contributed by atoms with Crippen LogP contribution < -0.4 is 4.74 Å². The third-order valence-electron chi connectivity index (χ3n) is 3.24. The van der Waals surface area contributed by atoms with Crippen LogP contribution in [0.3, 0.4) is 0 Å². The summed E-state index contributed by atoms with van der Waals surface area (Å²) in [5.41, 5.74) is 3.17. The summed E-state index contributed by atoms with van der Waals surface area (Å²) in [4.78, 5) is 4.53. The molecule has 4 heteroatoms. The molecule has 0 saturated carbocycles. The lowest BCUT2D eigenvalue weighted by Crippen LogP contribution is -1.98. The number of aryl methyl sites for hydroxylation is 1. The monoisotopic (exact) mass is 367 g/mol. The molecule has 0 unspecified atom stereocenters. The molecule has 2 rings (SSSR count). The number of pyridine rings is 1. The van der Waals surface area contributed by atoms with Gasteiger partial charge in [-0.3, -0.25) is 0 Å². The van der Waals surface area contributed by atoms with Crippen LogP contribution in [-0.4, -0.2) is 4.98 Å². The minimum absolute atomic E-state index is 0.374. The number of halogens is 2. The number of rotatable bonds is 5. The van der Waals surface area contributed by atoms with Crippen LogP contribution in [-0.2, 0) is 12.3 Å². The van der Waals surface area contributed by atoms with Gasteiger partial charge >= 0.3 is 0 Å². The highest BCUT2D eigenvalue weighted by molar-refractivity contribution is 9.10. The van der Waals surface area contributed by atoms with Crippen LogP contribution in [0.25, 0.3) is 0 Å². The van der Waals surface area contributed by atoms with E-state index in [1.165, 1.54) is 0 Å². The minimum Gasteiger partial charge on any atom is -0.439 e. The van der Waals surface area contributed by atoms with Gasteiger partial charge in [0.2, 0.25) is 5.88 Å². The average Bonchev–Trinajstić information content (AvgIpc) is 2.48. The molecule has 0 aliphatic carbocycles. The molecule has 2 aromatic rings. The van der Waals surface area contributed by atoms with E-state index in [1.807, 2.05) is 24.3 Å². The van der Waals surface area contributed by atoms with Gasteiger partial charge in [0.15, 0.2) is 0 Å². The lowest BCUT2D eigenvalue weighted by Gasteiger charge is -2.14. The smallest absolute Gasteiger partial charge is 0.219 e. The van der Waals surface area contributed by atoms with E-state index in [0.717, 1.165) is 33.5 Å². The molecule has 0 fully saturated rings. The van der Waals surface area contributed by atoms with Gasteiger partial charge in [0.1, 0.15) is 5.75 Å². The normalized spacial score (nSPS) is 11.0. The highest BCUT2D eigenvalue weighted by Gasteiger charge is 2.11. The molecule has 0 atom stereocenters. The van der Waals surface area contributed by atoms with E-state index in [0.29, 0.717) is 17.7 Å². The molecule has 0 aliphatic rings. The number of hydrogen-bond donors (Lipinski definition) is 0. The van der Waals surface area contributed by atoms with Crippen molar-refractivity contribution in [2.45, 2.75) is 39.0 Å². The topological polar surface area (TPSA) is 22.1 Å². The Kier molecular flexibility index (Phi) is 5.65. The van der Waals surface area contributed by atoms with Gasteiger partial charge in [0.05, 0.1) is 0 Å². The van der Waals surface area contributed by atoms with Crippen molar-refractivity contribution in [1.29, 1.82) is 0 Å². The zero-order valence-electron chi connectivity index (χ0n) is 12.5. The van der Waals surface area contributed by atoms with E-state index in [2.05, 4.69) is 47.8 Å². The maximum Gasteiger partial charge on any atom is 0.219 e. The molecule has 0 N–H and O–H groups in total. The first-order valence-electron chi connectivity index (χ1n) is 7.06. The van der Waals surface area contributed by atoms with Crippen molar-refractivity contribution < 1.29 is 4.74 Å². The number of nitrogens with zero attached hydrogens (tertiary/aromatic N) is 1. The second-order valence-electron chi connectivity index (χ2n) is 5.23. The summed E-state index contributed by atoms with van der Waals surface area (Å²) in [7, 11) is 0. The SMILES string of the molecule is CCc1cc(CCl)cc(Oc2ccc(Br)cc2C(C)C)n1. The number of benzene rings is 1. The Morgan fingerprint density at radius 2 is 2.00 bits per heavy atom. The lowest BCUT2D eigenvalue weighted by molar-refractivity contribution is 0.452. The maximum absolute atomic E-state index is 6.02. The van der Waals surface area contributed by atoms with Gasteiger partial charge in [-0.1, -0.05) is 36.7 Å². The standard InChI is InChI=1S/C17H19BrClNO/c1-4-14-7-12(10-19)8-17(20-14)21-16-6-5-13(18)9-15(16)11(2)3/h5-9,11H,4,10H2,1-3H3. The van der Waals surface area contributed by atoms with Crippen molar-refractivity contribution in [3.8, 4) is 11.6 Å². The second kappa shape index (κ2) is 7.28. The summed E-state index contributed by atoms with van der Waals surface area (Å²) in [6.45, 7) is 6.37. The molecule has 1 heterocycles. The fraction of sp³-hybridized carbons (Fsp3) is 0.353. The van der Waals surface area contributed by atoms with Crippen LogP contribution in [0.5, 0.6) is 11.6 Å². The van der Waals surface area contributed by atoms with E-state index in [9.17, 15) is 0 Å². The zero-order chi connectivity index (χ0) is 15.4. The zero-order valence-corrected chi connectivity index (χ0v) is 14.8. The first-order chi connectivity index (χ1) is 10.0. The Balaban J connectivity index is 2.38. The molecule has 1 aromatic carbocycles. The quantitative estimate of drug-likeness (QED) is 0.598. The van der Waals surface area contributed by atoms with Crippen molar-refractivity contribution in [1.82, 2.24) is 4.98 Å². The molecule has 0 amide bonds.